The van der Waals surface area contributed by atoms with Crippen molar-refractivity contribution in [1.29, 1.82) is 0 Å². The van der Waals surface area contributed by atoms with E-state index in [9.17, 15) is 9.59 Å². The summed E-state index contributed by atoms with van der Waals surface area (Å²) in [5.74, 6) is 0.399. The summed E-state index contributed by atoms with van der Waals surface area (Å²) in [6.07, 6.45) is 5.22. The third kappa shape index (κ3) is 2.60. The van der Waals surface area contributed by atoms with Crippen LogP contribution < -0.4 is 15.8 Å². The number of aromatic nitrogens is 2. The van der Waals surface area contributed by atoms with E-state index in [-0.39, 0.29) is 11.5 Å². The Hall–Kier alpha value is -2.83. The number of rotatable bonds is 2. The Bertz CT molecular complexity index is 1010. The summed E-state index contributed by atoms with van der Waals surface area (Å²) in [7, 11) is 1.84. The van der Waals surface area contributed by atoms with Gasteiger partial charge in [0.1, 0.15) is 5.60 Å². The molecule has 0 bridgehead atoms. The summed E-state index contributed by atoms with van der Waals surface area (Å²) < 4.78 is 5.87. The van der Waals surface area contributed by atoms with E-state index < -0.39 is 5.60 Å². The number of ether oxygens (including phenoxy) is 1. The maximum absolute atomic E-state index is 12.4. The predicted octanol–water partition coefficient (Wildman–Crippen LogP) is 2.36. The molecule has 0 unspecified atom stereocenters. The van der Waals surface area contributed by atoms with Crippen LogP contribution in [0.25, 0.3) is 0 Å². The van der Waals surface area contributed by atoms with Crippen molar-refractivity contribution in [3.8, 4) is 0 Å². The van der Waals surface area contributed by atoms with Crippen LogP contribution in [0.4, 0.5) is 11.6 Å². The average molecular weight is 380 g/mol. The first-order chi connectivity index (χ1) is 13.6. The number of aryl methyl sites for hydroxylation is 1. The van der Waals surface area contributed by atoms with E-state index in [1.807, 2.05) is 25.2 Å². The number of carbonyl (C=O) groups excluding carboxylic acids is 1. The molecular formula is C21H24N4O3. The summed E-state index contributed by atoms with van der Waals surface area (Å²) in [5, 5.41) is 3.07. The standard InChI is InChI=1S/C21H24N4O3/c1-22-13-6-7-16-15(12-13)19(27)28-21(16)8-10-25(11-9-21)20-23-17-5-3-2-4-14(17)18(26)24-20/h6-7,12,22H,2-5,8-11H2,1H3,(H,23,24,26). The predicted molar refractivity (Wildman–Crippen MR) is 106 cm³/mol. The number of carbonyl (C=O) groups is 1. The number of piperidine rings is 1. The number of hydrogen-bond acceptors (Lipinski definition) is 6. The van der Waals surface area contributed by atoms with Crippen molar-refractivity contribution in [2.45, 2.75) is 44.1 Å². The zero-order chi connectivity index (χ0) is 19.3. The Kier molecular flexibility index (Phi) is 3.92. The van der Waals surface area contributed by atoms with Crippen molar-refractivity contribution >= 4 is 17.6 Å². The first-order valence-electron chi connectivity index (χ1n) is 10.0. The first-order valence-corrected chi connectivity index (χ1v) is 10.0. The molecule has 1 fully saturated rings. The first kappa shape index (κ1) is 17.3. The smallest absolute Gasteiger partial charge is 0.339 e. The highest BCUT2D eigenvalue weighted by molar-refractivity contribution is 5.96. The highest BCUT2D eigenvalue weighted by Gasteiger charge is 2.47. The molecule has 1 aromatic carbocycles. The molecule has 7 heteroatoms. The highest BCUT2D eigenvalue weighted by atomic mass is 16.6. The number of H-pyrrole nitrogens is 1. The lowest BCUT2D eigenvalue weighted by atomic mass is 9.83. The third-order valence-electron chi connectivity index (χ3n) is 6.36. The van der Waals surface area contributed by atoms with Gasteiger partial charge >= 0.3 is 5.97 Å². The molecule has 1 aliphatic carbocycles. The fourth-order valence-electron chi connectivity index (χ4n) is 4.74. The molecule has 0 radical (unpaired) electrons. The van der Waals surface area contributed by atoms with Crippen LogP contribution in [0, 0.1) is 0 Å². The minimum atomic E-state index is -0.566. The van der Waals surface area contributed by atoms with Gasteiger partial charge in [-0.3, -0.25) is 9.78 Å². The molecule has 5 rings (SSSR count). The Balaban J connectivity index is 1.40. The fraction of sp³-hybridized carbons (Fsp3) is 0.476. The fourth-order valence-corrected chi connectivity index (χ4v) is 4.74. The summed E-state index contributed by atoms with van der Waals surface area (Å²) >= 11 is 0. The van der Waals surface area contributed by atoms with Gasteiger partial charge in [0.25, 0.3) is 5.56 Å². The second-order valence-electron chi connectivity index (χ2n) is 7.90. The normalized spacial score (nSPS) is 19.9. The van der Waals surface area contributed by atoms with Gasteiger partial charge in [0.2, 0.25) is 5.95 Å². The molecule has 2 aliphatic heterocycles. The second kappa shape index (κ2) is 6.36. The largest absolute Gasteiger partial charge is 0.450 e. The Morgan fingerprint density at radius 3 is 2.75 bits per heavy atom. The number of benzene rings is 1. The van der Waals surface area contributed by atoms with Crippen LogP contribution in [0.15, 0.2) is 23.0 Å². The molecule has 7 nitrogen and oxygen atoms in total. The van der Waals surface area contributed by atoms with Crippen molar-refractivity contribution in [3.63, 3.8) is 0 Å². The van der Waals surface area contributed by atoms with Crippen LogP contribution in [0.5, 0.6) is 0 Å². The number of anilines is 2. The molecular weight excluding hydrogens is 356 g/mol. The summed E-state index contributed by atoms with van der Waals surface area (Å²) in [6, 6.07) is 5.85. The zero-order valence-electron chi connectivity index (χ0n) is 16.0. The molecule has 1 aromatic heterocycles. The quantitative estimate of drug-likeness (QED) is 0.778. The van der Waals surface area contributed by atoms with Crippen LogP contribution in [-0.4, -0.2) is 36.1 Å². The van der Waals surface area contributed by atoms with Gasteiger partial charge in [0.05, 0.1) is 11.3 Å². The summed E-state index contributed by atoms with van der Waals surface area (Å²) in [6.45, 7) is 1.37. The Labute approximate surface area is 163 Å². The van der Waals surface area contributed by atoms with Gasteiger partial charge in [-0.05, 0) is 37.8 Å². The minimum absolute atomic E-state index is 0.00257. The molecule has 0 atom stereocenters. The van der Waals surface area contributed by atoms with E-state index >= 15 is 0 Å². The van der Waals surface area contributed by atoms with Crippen LogP contribution in [-0.2, 0) is 23.2 Å². The monoisotopic (exact) mass is 380 g/mol. The molecule has 2 N–H and O–H groups in total. The van der Waals surface area contributed by atoms with Gasteiger partial charge in [-0.1, -0.05) is 6.07 Å². The van der Waals surface area contributed by atoms with Crippen molar-refractivity contribution in [2.75, 3.05) is 30.4 Å². The topological polar surface area (TPSA) is 87.3 Å². The van der Waals surface area contributed by atoms with Crippen LogP contribution in [0.2, 0.25) is 0 Å². The van der Waals surface area contributed by atoms with E-state index in [2.05, 4.69) is 15.2 Å². The van der Waals surface area contributed by atoms with Gasteiger partial charge in [0.15, 0.2) is 0 Å². The maximum atomic E-state index is 12.4. The van der Waals surface area contributed by atoms with E-state index in [0.29, 0.717) is 37.4 Å². The van der Waals surface area contributed by atoms with Crippen molar-refractivity contribution in [1.82, 2.24) is 9.97 Å². The molecule has 3 aliphatic rings. The van der Waals surface area contributed by atoms with Crippen molar-refractivity contribution < 1.29 is 9.53 Å². The molecule has 2 aromatic rings. The molecule has 3 heterocycles. The minimum Gasteiger partial charge on any atom is -0.450 e. The molecule has 28 heavy (non-hydrogen) atoms. The van der Waals surface area contributed by atoms with Crippen LogP contribution >= 0.6 is 0 Å². The van der Waals surface area contributed by atoms with Crippen LogP contribution in [0.3, 0.4) is 0 Å². The lowest BCUT2D eigenvalue weighted by Crippen LogP contribution is -2.44. The lowest BCUT2D eigenvalue weighted by molar-refractivity contribution is -0.0211. The summed E-state index contributed by atoms with van der Waals surface area (Å²) in [5.41, 5.74) is 3.76. The molecule has 1 saturated heterocycles. The number of hydrogen-bond donors (Lipinski definition) is 2. The van der Waals surface area contributed by atoms with E-state index in [1.54, 1.807) is 0 Å². The zero-order valence-corrected chi connectivity index (χ0v) is 16.0. The van der Waals surface area contributed by atoms with Gasteiger partial charge < -0.3 is 15.0 Å². The molecule has 0 amide bonds. The number of aromatic amines is 1. The number of fused-ring (bicyclic) bond motifs is 3. The molecule has 0 saturated carbocycles. The molecule has 146 valence electrons. The third-order valence-corrected chi connectivity index (χ3v) is 6.36. The number of esters is 1. The summed E-state index contributed by atoms with van der Waals surface area (Å²) in [4.78, 5) is 34.7. The van der Waals surface area contributed by atoms with Crippen molar-refractivity contribution in [3.05, 3.63) is 50.9 Å². The van der Waals surface area contributed by atoms with Gasteiger partial charge in [0, 0.05) is 49.8 Å². The van der Waals surface area contributed by atoms with E-state index in [1.165, 1.54) is 0 Å². The average Bonchev–Trinajstić information content (AvgIpc) is 2.99. The second-order valence-corrected chi connectivity index (χ2v) is 7.90. The Morgan fingerprint density at radius 2 is 1.96 bits per heavy atom. The van der Waals surface area contributed by atoms with Gasteiger partial charge in [-0.2, -0.15) is 0 Å². The van der Waals surface area contributed by atoms with Gasteiger partial charge in [-0.25, -0.2) is 9.78 Å². The van der Waals surface area contributed by atoms with Gasteiger partial charge in [-0.15, -0.1) is 0 Å². The highest BCUT2D eigenvalue weighted by Crippen LogP contribution is 2.45. The van der Waals surface area contributed by atoms with E-state index in [4.69, 9.17) is 9.72 Å². The number of nitrogens with zero attached hydrogens (tertiary/aromatic N) is 2. The van der Waals surface area contributed by atoms with Crippen molar-refractivity contribution in [2.24, 2.45) is 0 Å². The van der Waals surface area contributed by atoms with E-state index in [0.717, 1.165) is 48.2 Å². The maximum Gasteiger partial charge on any atom is 0.339 e. The number of nitrogens with one attached hydrogen (secondary N) is 2. The Morgan fingerprint density at radius 1 is 1.18 bits per heavy atom. The molecule has 1 spiro atoms. The SMILES string of the molecule is CNc1ccc2c(c1)C(=O)OC21CCN(c2nc3c(c(=O)[nH]2)CCCC3)CC1. The van der Waals surface area contributed by atoms with Crippen LogP contribution in [0.1, 0.15) is 52.9 Å². The lowest BCUT2D eigenvalue weighted by Gasteiger charge is -2.39.